The molecule has 2 aromatic rings. The van der Waals surface area contributed by atoms with Crippen LogP contribution in [0.15, 0.2) is 46.2 Å². The maximum Gasteiger partial charge on any atom is 0.286 e. The van der Waals surface area contributed by atoms with E-state index in [2.05, 4.69) is 6.58 Å². The Labute approximate surface area is 97.8 Å². The fourth-order valence-corrected chi connectivity index (χ4v) is 1.67. The fourth-order valence-electron chi connectivity index (χ4n) is 1.67. The first-order valence-corrected chi connectivity index (χ1v) is 5.19. The van der Waals surface area contributed by atoms with Crippen LogP contribution in [0.1, 0.15) is 5.56 Å². The topological polar surface area (TPSA) is 35.1 Å². The summed E-state index contributed by atoms with van der Waals surface area (Å²) in [5.74, 6) is 0.148. The number of aromatic nitrogens is 1. The Bertz CT molecular complexity index is 593. The highest BCUT2D eigenvalue weighted by Gasteiger charge is 2.15. The second-order valence-corrected chi connectivity index (χ2v) is 3.70. The fraction of sp³-hybridized carbons (Fsp3) is 0.154. The van der Waals surface area contributed by atoms with Gasteiger partial charge in [0, 0.05) is 12.6 Å². The van der Waals surface area contributed by atoms with Crippen molar-refractivity contribution in [2.24, 2.45) is 7.05 Å². The van der Waals surface area contributed by atoms with Gasteiger partial charge in [0.2, 0.25) is 0 Å². The van der Waals surface area contributed by atoms with E-state index in [1.807, 2.05) is 0 Å². The van der Waals surface area contributed by atoms with Gasteiger partial charge in [-0.05, 0) is 30.7 Å². The van der Waals surface area contributed by atoms with Crippen molar-refractivity contribution in [3.05, 3.63) is 58.7 Å². The number of hydrogen-bond donors (Lipinski definition) is 0. The minimum absolute atomic E-state index is 0.191. The highest BCUT2D eigenvalue weighted by molar-refractivity contribution is 5.60. The summed E-state index contributed by atoms with van der Waals surface area (Å²) in [6, 6.07) is 5.83. The molecule has 0 fully saturated rings. The lowest BCUT2D eigenvalue weighted by molar-refractivity contribution is 0.307. The van der Waals surface area contributed by atoms with Crippen LogP contribution in [0, 0.1) is 5.82 Å². The van der Waals surface area contributed by atoms with Gasteiger partial charge in [-0.2, -0.15) is 4.74 Å². The molecule has 0 spiro atoms. The van der Waals surface area contributed by atoms with Crippen LogP contribution in [-0.4, -0.2) is 4.74 Å². The quantitative estimate of drug-likeness (QED) is 0.763. The predicted octanol–water partition coefficient (Wildman–Crippen LogP) is 2.51. The maximum absolute atomic E-state index is 12.8. The normalized spacial score (nSPS) is 10.5. The van der Waals surface area contributed by atoms with Gasteiger partial charge >= 0.3 is 0 Å². The zero-order chi connectivity index (χ0) is 12.4. The molecular weight excluding hydrogens is 221 g/mol. The van der Waals surface area contributed by atoms with Crippen molar-refractivity contribution >= 4 is 0 Å². The SMILES string of the molecule is C=CCc1c(-c2ccc(F)cc2)on(C)c1=O. The van der Waals surface area contributed by atoms with E-state index >= 15 is 0 Å². The van der Waals surface area contributed by atoms with E-state index in [1.54, 1.807) is 25.3 Å². The highest BCUT2D eigenvalue weighted by atomic mass is 19.1. The first-order chi connectivity index (χ1) is 8.13. The lowest BCUT2D eigenvalue weighted by Crippen LogP contribution is -2.13. The third-order valence-corrected chi connectivity index (χ3v) is 2.50. The molecule has 2 rings (SSSR count). The molecule has 0 amide bonds. The van der Waals surface area contributed by atoms with Crippen molar-refractivity contribution < 1.29 is 8.91 Å². The lowest BCUT2D eigenvalue weighted by Gasteiger charge is -1.98. The minimum atomic E-state index is -0.322. The molecule has 0 unspecified atom stereocenters. The Morgan fingerprint density at radius 3 is 2.65 bits per heavy atom. The van der Waals surface area contributed by atoms with Crippen LogP contribution in [0.3, 0.4) is 0 Å². The molecule has 0 saturated carbocycles. The van der Waals surface area contributed by atoms with Crippen molar-refractivity contribution in [2.45, 2.75) is 6.42 Å². The van der Waals surface area contributed by atoms with Gasteiger partial charge in [0.25, 0.3) is 5.56 Å². The van der Waals surface area contributed by atoms with E-state index in [4.69, 9.17) is 4.52 Å². The Morgan fingerprint density at radius 2 is 2.06 bits per heavy atom. The van der Waals surface area contributed by atoms with Gasteiger partial charge in [0.1, 0.15) is 5.82 Å². The summed E-state index contributed by atoms with van der Waals surface area (Å²) in [6.45, 7) is 3.61. The lowest BCUT2D eigenvalue weighted by atomic mass is 10.1. The van der Waals surface area contributed by atoms with E-state index in [-0.39, 0.29) is 11.4 Å². The molecule has 0 atom stereocenters. The molecule has 0 aliphatic rings. The zero-order valence-electron chi connectivity index (χ0n) is 9.44. The van der Waals surface area contributed by atoms with E-state index < -0.39 is 0 Å². The minimum Gasteiger partial charge on any atom is -0.376 e. The van der Waals surface area contributed by atoms with E-state index in [9.17, 15) is 9.18 Å². The highest BCUT2D eigenvalue weighted by Crippen LogP contribution is 2.22. The van der Waals surface area contributed by atoms with Gasteiger partial charge in [-0.3, -0.25) is 4.79 Å². The molecule has 0 aliphatic carbocycles. The van der Waals surface area contributed by atoms with Crippen LogP contribution in [0.5, 0.6) is 0 Å². The average Bonchev–Trinajstić information content (AvgIpc) is 2.59. The molecule has 4 heteroatoms. The van der Waals surface area contributed by atoms with Crippen molar-refractivity contribution in [1.29, 1.82) is 0 Å². The van der Waals surface area contributed by atoms with Gasteiger partial charge in [-0.15, -0.1) is 6.58 Å². The molecule has 0 aliphatic heterocycles. The van der Waals surface area contributed by atoms with Gasteiger partial charge < -0.3 is 4.52 Å². The largest absolute Gasteiger partial charge is 0.376 e. The van der Waals surface area contributed by atoms with Gasteiger partial charge in [0.05, 0.1) is 5.56 Å². The second kappa shape index (κ2) is 4.41. The summed E-state index contributed by atoms with van der Waals surface area (Å²) >= 11 is 0. The Morgan fingerprint density at radius 1 is 1.41 bits per heavy atom. The molecule has 1 aromatic heterocycles. The molecular formula is C13H12FNO2. The number of aryl methyl sites for hydroxylation is 1. The first-order valence-electron chi connectivity index (χ1n) is 5.19. The zero-order valence-corrected chi connectivity index (χ0v) is 9.44. The molecule has 0 radical (unpaired) electrons. The van der Waals surface area contributed by atoms with Crippen molar-refractivity contribution in [3.8, 4) is 11.3 Å². The van der Waals surface area contributed by atoms with Gasteiger partial charge in [0.15, 0.2) is 5.76 Å². The van der Waals surface area contributed by atoms with Crippen LogP contribution >= 0.6 is 0 Å². The van der Waals surface area contributed by atoms with Crippen LogP contribution in [0.2, 0.25) is 0 Å². The Kier molecular flexibility index (Phi) is 2.95. The number of hydrogen-bond acceptors (Lipinski definition) is 2. The van der Waals surface area contributed by atoms with Crippen molar-refractivity contribution in [1.82, 2.24) is 4.74 Å². The molecule has 0 saturated heterocycles. The van der Waals surface area contributed by atoms with Crippen LogP contribution in [0.4, 0.5) is 4.39 Å². The molecule has 17 heavy (non-hydrogen) atoms. The molecule has 88 valence electrons. The average molecular weight is 233 g/mol. The summed E-state index contributed by atoms with van der Waals surface area (Å²) in [5.41, 5.74) is 1.03. The Hall–Kier alpha value is -2.10. The van der Waals surface area contributed by atoms with Gasteiger partial charge in [-0.1, -0.05) is 6.08 Å². The summed E-state index contributed by atoms with van der Waals surface area (Å²) in [6.07, 6.45) is 2.06. The van der Waals surface area contributed by atoms with Crippen molar-refractivity contribution in [2.75, 3.05) is 0 Å². The Balaban J connectivity index is 2.58. The predicted molar refractivity (Wildman–Crippen MR) is 63.2 cm³/mol. The van der Waals surface area contributed by atoms with Crippen LogP contribution in [-0.2, 0) is 13.5 Å². The summed E-state index contributed by atoms with van der Waals surface area (Å²) in [4.78, 5) is 11.8. The third-order valence-electron chi connectivity index (χ3n) is 2.50. The van der Waals surface area contributed by atoms with E-state index in [0.717, 1.165) is 4.74 Å². The number of rotatable bonds is 3. The number of benzene rings is 1. The number of halogens is 1. The van der Waals surface area contributed by atoms with E-state index in [1.165, 1.54) is 12.1 Å². The third kappa shape index (κ3) is 2.06. The summed E-state index contributed by atoms with van der Waals surface area (Å²) < 4.78 is 19.3. The number of allylic oxidation sites excluding steroid dienone is 1. The summed E-state index contributed by atoms with van der Waals surface area (Å²) in [5, 5.41) is 0. The van der Waals surface area contributed by atoms with Gasteiger partial charge in [-0.25, -0.2) is 4.39 Å². The van der Waals surface area contributed by atoms with Crippen LogP contribution < -0.4 is 5.56 Å². The number of nitrogens with zero attached hydrogens (tertiary/aromatic N) is 1. The monoisotopic (exact) mass is 233 g/mol. The standard InChI is InChI=1S/C13H12FNO2/c1-3-4-11-12(17-15(2)13(11)16)9-5-7-10(14)8-6-9/h3,5-8H,1,4H2,2H3. The molecule has 0 bridgehead atoms. The second-order valence-electron chi connectivity index (χ2n) is 3.70. The van der Waals surface area contributed by atoms with Crippen LogP contribution in [0.25, 0.3) is 11.3 Å². The molecule has 1 heterocycles. The molecule has 1 aromatic carbocycles. The van der Waals surface area contributed by atoms with Crippen molar-refractivity contribution in [3.63, 3.8) is 0 Å². The smallest absolute Gasteiger partial charge is 0.286 e. The molecule has 0 N–H and O–H groups in total. The first kappa shape index (κ1) is 11.4. The van der Waals surface area contributed by atoms with E-state index in [0.29, 0.717) is 23.3 Å². The summed E-state index contributed by atoms with van der Waals surface area (Å²) in [7, 11) is 1.54. The maximum atomic E-state index is 12.8. The molecule has 3 nitrogen and oxygen atoms in total.